The highest BCUT2D eigenvalue weighted by Gasteiger charge is 2.35. The molecule has 1 amide bonds. The Labute approximate surface area is 139 Å². The van der Waals surface area contributed by atoms with Crippen LogP contribution in [0.3, 0.4) is 0 Å². The fraction of sp³-hybridized carbons (Fsp3) is 0.579. The van der Waals surface area contributed by atoms with Crippen molar-refractivity contribution in [2.75, 3.05) is 13.1 Å². The molecule has 3 atom stereocenters. The standard InChI is InChI=1S/C19H27N3O/c1-14(2)19(4,13-20)21-18(23)15(3)22-11-10-17(12-22)16-8-6-5-7-9-16/h5-9,14-15,17H,10-12H2,1-4H3,(H,21,23)/t15-,17-,19+/m1/s1. The number of hydrogen-bond acceptors (Lipinski definition) is 3. The summed E-state index contributed by atoms with van der Waals surface area (Å²) in [7, 11) is 0. The minimum Gasteiger partial charge on any atom is -0.336 e. The molecule has 4 heteroatoms. The summed E-state index contributed by atoms with van der Waals surface area (Å²) in [6, 6.07) is 12.5. The van der Waals surface area contributed by atoms with Crippen LogP contribution in [0.1, 0.15) is 45.6 Å². The van der Waals surface area contributed by atoms with Crippen molar-refractivity contribution >= 4 is 5.91 Å². The molecule has 4 nitrogen and oxygen atoms in total. The maximum Gasteiger partial charge on any atom is 0.238 e. The van der Waals surface area contributed by atoms with Gasteiger partial charge in [-0.25, -0.2) is 0 Å². The predicted octanol–water partition coefficient (Wildman–Crippen LogP) is 2.92. The molecule has 1 heterocycles. The normalized spacial score (nSPS) is 22.3. The van der Waals surface area contributed by atoms with E-state index in [-0.39, 0.29) is 17.9 Å². The average molecular weight is 313 g/mol. The van der Waals surface area contributed by atoms with Gasteiger partial charge in [0.05, 0.1) is 12.1 Å². The molecule has 0 spiro atoms. The maximum absolute atomic E-state index is 12.5. The Hall–Kier alpha value is -1.86. The molecule has 1 aromatic rings. The van der Waals surface area contributed by atoms with Crippen LogP contribution >= 0.6 is 0 Å². The second-order valence-electron chi connectivity index (χ2n) is 7.03. The Balaban J connectivity index is 1.98. The van der Waals surface area contributed by atoms with Crippen molar-refractivity contribution in [3.63, 3.8) is 0 Å². The molecule has 0 aromatic heterocycles. The first-order chi connectivity index (χ1) is 10.9. The molecule has 23 heavy (non-hydrogen) atoms. The van der Waals surface area contributed by atoms with Crippen molar-refractivity contribution in [1.29, 1.82) is 5.26 Å². The number of hydrogen-bond donors (Lipinski definition) is 1. The van der Waals surface area contributed by atoms with Crippen LogP contribution in [0.25, 0.3) is 0 Å². The fourth-order valence-electron chi connectivity index (χ4n) is 2.96. The van der Waals surface area contributed by atoms with Gasteiger partial charge < -0.3 is 5.32 Å². The summed E-state index contributed by atoms with van der Waals surface area (Å²) in [6.07, 6.45) is 1.07. The summed E-state index contributed by atoms with van der Waals surface area (Å²) >= 11 is 0. The fourth-order valence-corrected chi connectivity index (χ4v) is 2.96. The van der Waals surface area contributed by atoms with Crippen molar-refractivity contribution in [2.45, 2.75) is 51.6 Å². The molecule has 1 N–H and O–H groups in total. The van der Waals surface area contributed by atoms with Crippen LogP contribution in [0.5, 0.6) is 0 Å². The van der Waals surface area contributed by atoms with E-state index in [1.165, 1.54) is 5.56 Å². The summed E-state index contributed by atoms with van der Waals surface area (Å²) in [5.41, 5.74) is 0.524. The van der Waals surface area contributed by atoms with E-state index in [2.05, 4.69) is 40.6 Å². The van der Waals surface area contributed by atoms with Gasteiger partial charge >= 0.3 is 0 Å². The number of nitrogens with one attached hydrogen (secondary N) is 1. The quantitative estimate of drug-likeness (QED) is 0.909. The molecule has 2 rings (SSSR count). The van der Waals surface area contributed by atoms with Crippen LogP contribution in [0.4, 0.5) is 0 Å². The Morgan fingerprint density at radius 3 is 2.57 bits per heavy atom. The van der Waals surface area contributed by atoms with Gasteiger partial charge in [-0.2, -0.15) is 5.26 Å². The molecular weight excluding hydrogens is 286 g/mol. The van der Waals surface area contributed by atoms with Gasteiger partial charge in [0, 0.05) is 6.54 Å². The van der Waals surface area contributed by atoms with Crippen LogP contribution in [0, 0.1) is 17.2 Å². The van der Waals surface area contributed by atoms with E-state index in [1.54, 1.807) is 6.92 Å². The summed E-state index contributed by atoms with van der Waals surface area (Å²) in [6.45, 7) is 9.44. The molecule has 0 aliphatic carbocycles. The zero-order valence-corrected chi connectivity index (χ0v) is 14.5. The van der Waals surface area contributed by atoms with Gasteiger partial charge in [-0.15, -0.1) is 0 Å². The summed E-state index contributed by atoms with van der Waals surface area (Å²) in [4.78, 5) is 14.8. The van der Waals surface area contributed by atoms with Crippen LogP contribution < -0.4 is 5.32 Å². The van der Waals surface area contributed by atoms with E-state index in [0.29, 0.717) is 5.92 Å². The first-order valence-corrected chi connectivity index (χ1v) is 8.39. The molecule has 0 radical (unpaired) electrons. The van der Waals surface area contributed by atoms with Gasteiger partial charge in [-0.1, -0.05) is 44.2 Å². The predicted molar refractivity (Wildman–Crippen MR) is 91.8 cm³/mol. The van der Waals surface area contributed by atoms with Gasteiger partial charge in [-0.05, 0) is 44.2 Å². The largest absolute Gasteiger partial charge is 0.336 e. The summed E-state index contributed by atoms with van der Waals surface area (Å²) < 4.78 is 0. The zero-order valence-electron chi connectivity index (χ0n) is 14.5. The summed E-state index contributed by atoms with van der Waals surface area (Å²) in [5.74, 6) is 0.495. The Bertz CT molecular complexity index is 578. The van der Waals surface area contributed by atoms with Crippen molar-refractivity contribution in [1.82, 2.24) is 10.2 Å². The molecule has 0 bridgehead atoms. The van der Waals surface area contributed by atoms with Crippen LogP contribution in [-0.2, 0) is 4.79 Å². The number of likely N-dealkylation sites (tertiary alicyclic amines) is 1. The van der Waals surface area contributed by atoms with Crippen molar-refractivity contribution in [3.8, 4) is 6.07 Å². The highest BCUT2D eigenvalue weighted by atomic mass is 16.2. The van der Waals surface area contributed by atoms with Crippen molar-refractivity contribution < 1.29 is 4.79 Å². The van der Waals surface area contributed by atoms with E-state index < -0.39 is 5.54 Å². The minimum absolute atomic E-state index is 0.0588. The third-order valence-corrected chi connectivity index (χ3v) is 5.19. The first kappa shape index (κ1) is 17.5. The lowest BCUT2D eigenvalue weighted by atomic mass is 9.90. The van der Waals surface area contributed by atoms with E-state index in [4.69, 9.17) is 0 Å². The van der Waals surface area contributed by atoms with E-state index in [0.717, 1.165) is 19.5 Å². The molecule has 0 unspecified atom stereocenters. The Kier molecular flexibility index (Phi) is 5.43. The maximum atomic E-state index is 12.5. The molecule has 1 aliphatic heterocycles. The molecule has 1 aromatic carbocycles. The van der Waals surface area contributed by atoms with Crippen molar-refractivity contribution in [2.24, 2.45) is 5.92 Å². The molecule has 1 fully saturated rings. The second kappa shape index (κ2) is 7.14. The molecule has 1 aliphatic rings. The van der Waals surface area contributed by atoms with Gasteiger partial charge in [-0.3, -0.25) is 9.69 Å². The molecule has 124 valence electrons. The Morgan fingerprint density at radius 1 is 1.35 bits per heavy atom. The second-order valence-corrected chi connectivity index (χ2v) is 7.03. The highest BCUT2D eigenvalue weighted by molar-refractivity contribution is 5.82. The zero-order chi connectivity index (χ0) is 17.0. The third-order valence-electron chi connectivity index (χ3n) is 5.19. The molecule has 0 saturated carbocycles. The lowest BCUT2D eigenvalue weighted by Gasteiger charge is -2.31. The average Bonchev–Trinajstić information content (AvgIpc) is 3.04. The lowest BCUT2D eigenvalue weighted by Crippen LogP contribution is -2.54. The van der Waals surface area contributed by atoms with E-state index in [1.807, 2.05) is 26.8 Å². The molecule has 1 saturated heterocycles. The van der Waals surface area contributed by atoms with Crippen LogP contribution in [0.15, 0.2) is 30.3 Å². The van der Waals surface area contributed by atoms with Crippen LogP contribution in [0.2, 0.25) is 0 Å². The number of amides is 1. The van der Waals surface area contributed by atoms with Gasteiger partial charge in [0.1, 0.15) is 5.54 Å². The van der Waals surface area contributed by atoms with Gasteiger partial charge in [0.25, 0.3) is 0 Å². The SMILES string of the molecule is CC(C)[C@](C)(C#N)NC(=O)[C@@H](C)N1CC[C@@H](c2ccccc2)C1. The Morgan fingerprint density at radius 2 is 2.00 bits per heavy atom. The first-order valence-electron chi connectivity index (χ1n) is 8.39. The number of nitriles is 1. The lowest BCUT2D eigenvalue weighted by molar-refractivity contribution is -0.127. The third kappa shape index (κ3) is 3.92. The van der Waals surface area contributed by atoms with E-state index in [9.17, 15) is 10.1 Å². The monoisotopic (exact) mass is 313 g/mol. The highest BCUT2D eigenvalue weighted by Crippen LogP contribution is 2.28. The smallest absolute Gasteiger partial charge is 0.238 e. The summed E-state index contributed by atoms with van der Waals surface area (Å²) in [5, 5.41) is 12.3. The number of benzene rings is 1. The number of rotatable bonds is 5. The van der Waals surface area contributed by atoms with Gasteiger partial charge in [0.15, 0.2) is 0 Å². The minimum atomic E-state index is -0.816. The number of carbonyl (C=O) groups excluding carboxylic acids is 1. The topological polar surface area (TPSA) is 56.1 Å². The van der Waals surface area contributed by atoms with E-state index >= 15 is 0 Å². The van der Waals surface area contributed by atoms with Crippen molar-refractivity contribution in [3.05, 3.63) is 35.9 Å². The van der Waals surface area contributed by atoms with Crippen LogP contribution in [-0.4, -0.2) is 35.5 Å². The van der Waals surface area contributed by atoms with Gasteiger partial charge in [0.2, 0.25) is 5.91 Å². The number of carbonyl (C=O) groups is 1. The number of nitrogens with zero attached hydrogens (tertiary/aromatic N) is 2. The molecular formula is C19H27N3O.